The minimum Gasteiger partial charge on any atom is -0.369 e. The van der Waals surface area contributed by atoms with Crippen molar-refractivity contribution in [1.82, 2.24) is 5.32 Å². The molecule has 1 aromatic rings. The third-order valence-corrected chi connectivity index (χ3v) is 5.37. The van der Waals surface area contributed by atoms with E-state index in [0.29, 0.717) is 21.5 Å². The molecule has 1 saturated carbocycles. The Hall–Kier alpha value is -0.780. The van der Waals surface area contributed by atoms with Crippen LogP contribution >= 0.6 is 34.5 Å². The minimum atomic E-state index is -0.322. The van der Waals surface area contributed by atoms with Gasteiger partial charge in [0.1, 0.15) is 0 Å². The van der Waals surface area contributed by atoms with Crippen LogP contribution in [0.3, 0.4) is 0 Å². The summed E-state index contributed by atoms with van der Waals surface area (Å²) in [7, 11) is 0. The minimum absolute atomic E-state index is 0.0365. The highest BCUT2D eigenvalue weighted by Crippen LogP contribution is 2.32. The Morgan fingerprint density at radius 1 is 1.38 bits per heavy atom. The molecule has 1 aliphatic rings. The van der Waals surface area contributed by atoms with Gasteiger partial charge in [-0.05, 0) is 37.3 Å². The lowest BCUT2D eigenvalue weighted by molar-refractivity contribution is -0.124. The number of carbonyl (C=O) groups excluding carboxylic acids is 2. The Labute approximate surface area is 138 Å². The number of rotatable bonds is 6. The fourth-order valence-electron chi connectivity index (χ4n) is 2.74. The number of aryl methyl sites for hydroxylation is 1. The van der Waals surface area contributed by atoms with Crippen LogP contribution in [0.1, 0.15) is 37.7 Å². The first-order chi connectivity index (χ1) is 9.97. The van der Waals surface area contributed by atoms with Gasteiger partial charge in [-0.25, -0.2) is 0 Å². The quantitative estimate of drug-likeness (QED) is 0.828. The van der Waals surface area contributed by atoms with Crippen molar-refractivity contribution in [2.45, 2.75) is 44.6 Å². The monoisotopic (exact) mass is 348 g/mol. The van der Waals surface area contributed by atoms with Gasteiger partial charge in [0.05, 0.1) is 14.6 Å². The van der Waals surface area contributed by atoms with Crippen LogP contribution in [-0.4, -0.2) is 17.9 Å². The molecule has 1 heterocycles. The van der Waals surface area contributed by atoms with Gasteiger partial charge in [-0.2, -0.15) is 0 Å². The maximum atomic E-state index is 11.9. The van der Waals surface area contributed by atoms with E-state index in [1.807, 2.05) is 6.07 Å². The van der Waals surface area contributed by atoms with Gasteiger partial charge in [-0.3, -0.25) is 9.59 Å². The zero-order valence-corrected chi connectivity index (χ0v) is 13.9. The van der Waals surface area contributed by atoms with E-state index in [1.165, 1.54) is 11.3 Å². The molecule has 2 rings (SSSR count). The molecular weight excluding hydrogens is 331 g/mol. The lowest BCUT2D eigenvalue weighted by atomic mass is 10.0. The third kappa shape index (κ3) is 4.59. The second-order valence-electron chi connectivity index (χ2n) is 5.32. The van der Waals surface area contributed by atoms with Crippen molar-refractivity contribution < 1.29 is 9.59 Å². The predicted molar refractivity (Wildman–Crippen MR) is 85.7 cm³/mol. The summed E-state index contributed by atoms with van der Waals surface area (Å²) in [6, 6.07) is 1.74. The summed E-state index contributed by atoms with van der Waals surface area (Å²) in [5.74, 6) is -0.581. The third-order valence-electron chi connectivity index (χ3n) is 3.81. The van der Waals surface area contributed by atoms with E-state index in [4.69, 9.17) is 28.9 Å². The standard InChI is InChI=1S/C14H18Cl2N2O2S/c15-11-7-8(13(16)21-11)3-1-6-12(19)18-10-5-2-4-9(10)14(17)20/h7,9-10H,1-6H2,(H2,17,20)(H,18,19)/t9-,10-/m1/s1. The Bertz CT molecular complexity index is 533. The normalized spacial score (nSPS) is 21.4. The topological polar surface area (TPSA) is 72.2 Å². The van der Waals surface area contributed by atoms with E-state index in [9.17, 15) is 9.59 Å². The molecule has 0 bridgehead atoms. The number of nitrogens with one attached hydrogen (secondary N) is 1. The summed E-state index contributed by atoms with van der Waals surface area (Å²) < 4.78 is 1.35. The molecule has 2 atom stereocenters. The Balaban J connectivity index is 1.75. The zero-order chi connectivity index (χ0) is 15.4. The molecule has 7 heteroatoms. The summed E-state index contributed by atoms with van der Waals surface area (Å²) in [5, 5.41) is 2.92. The summed E-state index contributed by atoms with van der Waals surface area (Å²) in [4.78, 5) is 23.2. The number of hydrogen-bond donors (Lipinski definition) is 2. The first-order valence-corrected chi connectivity index (χ1v) is 8.57. The Kier molecular flexibility index (Phi) is 5.90. The van der Waals surface area contributed by atoms with Crippen molar-refractivity contribution in [3.8, 4) is 0 Å². The maximum absolute atomic E-state index is 11.9. The highest BCUT2D eigenvalue weighted by atomic mass is 35.5. The number of thiophene rings is 1. The van der Waals surface area contributed by atoms with E-state index in [-0.39, 0.29) is 23.8 Å². The molecule has 1 aromatic heterocycles. The van der Waals surface area contributed by atoms with Crippen LogP contribution in [0.4, 0.5) is 0 Å². The molecular formula is C14H18Cl2N2O2S. The highest BCUT2D eigenvalue weighted by Gasteiger charge is 2.32. The molecule has 1 fully saturated rings. The molecule has 2 amide bonds. The number of hydrogen-bond acceptors (Lipinski definition) is 3. The average molecular weight is 349 g/mol. The number of halogens is 2. The lowest BCUT2D eigenvalue weighted by Gasteiger charge is -2.18. The SMILES string of the molecule is NC(=O)[C@@H]1CCC[C@H]1NC(=O)CCCc1cc(Cl)sc1Cl. The second kappa shape index (κ2) is 7.47. The van der Waals surface area contributed by atoms with E-state index in [0.717, 1.165) is 31.2 Å². The zero-order valence-electron chi connectivity index (χ0n) is 11.5. The van der Waals surface area contributed by atoms with Gasteiger partial charge in [0.25, 0.3) is 0 Å². The molecule has 0 unspecified atom stereocenters. The molecule has 3 N–H and O–H groups in total. The summed E-state index contributed by atoms with van der Waals surface area (Å²) in [6.07, 6.45) is 4.36. The number of amides is 2. The average Bonchev–Trinajstić information content (AvgIpc) is 2.96. The number of nitrogens with two attached hydrogens (primary N) is 1. The summed E-state index contributed by atoms with van der Waals surface area (Å²) in [6.45, 7) is 0. The number of primary amides is 1. The summed E-state index contributed by atoms with van der Waals surface area (Å²) >= 11 is 13.2. The molecule has 0 spiro atoms. The van der Waals surface area contributed by atoms with Gasteiger partial charge in [0, 0.05) is 12.5 Å². The first kappa shape index (κ1) is 16.6. The highest BCUT2D eigenvalue weighted by molar-refractivity contribution is 7.20. The summed E-state index contributed by atoms with van der Waals surface area (Å²) in [5.41, 5.74) is 6.32. The first-order valence-electron chi connectivity index (χ1n) is 6.99. The van der Waals surface area contributed by atoms with Crippen molar-refractivity contribution >= 4 is 46.4 Å². The van der Waals surface area contributed by atoms with Crippen molar-refractivity contribution in [1.29, 1.82) is 0 Å². The van der Waals surface area contributed by atoms with Crippen molar-refractivity contribution in [2.75, 3.05) is 0 Å². The van der Waals surface area contributed by atoms with Crippen LogP contribution in [-0.2, 0) is 16.0 Å². The Morgan fingerprint density at radius 2 is 2.14 bits per heavy atom. The molecule has 1 aliphatic carbocycles. The predicted octanol–water partition coefficient (Wildman–Crippen LogP) is 3.15. The van der Waals surface area contributed by atoms with E-state index in [2.05, 4.69) is 5.32 Å². The van der Waals surface area contributed by atoms with Crippen LogP contribution < -0.4 is 11.1 Å². The fourth-order valence-corrected chi connectivity index (χ4v) is 4.28. The van der Waals surface area contributed by atoms with Crippen molar-refractivity contribution in [3.63, 3.8) is 0 Å². The molecule has 0 aliphatic heterocycles. The largest absolute Gasteiger partial charge is 0.369 e. The second-order valence-corrected chi connectivity index (χ2v) is 7.60. The molecule has 0 aromatic carbocycles. The molecule has 116 valence electrons. The van der Waals surface area contributed by atoms with Gasteiger partial charge in [-0.1, -0.05) is 29.6 Å². The van der Waals surface area contributed by atoms with Crippen molar-refractivity contribution in [3.05, 3.63) is 20.3 Å². The lowest BCUT2D eigenvalue weighted by Crippen LogP contribution is -2.42. The van der Waals surface area contributed by atoms with Gasteiger partial charge in [0.2, 0.25) is 11.8 Å². The van der Waals surface area contributed by atoms with Gasteiger partial charge >= 0.3 is 0 Å². The van der Waals surface area contributed by atoms with E-state index in [1.54, 1.807) is 0 Å². The van der Waals surface area contributed by atoms with E-state index < -0.39 is 0 Å². The molecule has 0 saturated heterocycles. The van der Waals surface area contributed by atoms with E-state index >= 15 is 0 Å². The van der Waals surface area contributed by atoms with Gasteiger partial charge in [-0.15, -0.1) is 11.3 Å². The molecule has 0 radical (unpaired) electrons. The van der Waals surface area contributed by atoms with Crippen LogP contribution in [0.5, 0.6) is 0 Å². The maximum Gasteiger partial charge on any atom is 0.222 e. The smallest absolute Gasteiger partial charge is 0.222 e. The Morgan fingerprint density at radius 3 is 2.76 bits per heavy atom. The molecule has 4 nitrogen and oxygen atoms in total. The van der Waals surface area contributed by atoms with Gasteiger partial charge < -0.3 is 11.1 Å². The van der Waals surface area contributed by atoms with Crippen LogP contribution in [0.25, 0.3) is 0 Å². The number of carbonyl (C=O) groups is 2. The van der Waals surface area contributed by atoms with Crippen molar-refractivity contribution in [2.24, 2.45) is 11.7 Å². The van der Waals surface area contributed by atoms with Crippen LogP contribution in [0.2, 0.25) is 8.67 Å². The van der Waals surface area contributed by atoms with Crippen LogP contribution in [0, 0.1) is 5.92 Å². The van der Waals surface area contributed by atoms with Crippen LogP contribution in [0.15, 0.2) is 6.07 Å². The fraction of sp³-hybridized carbons (Fsp3) is 0.571. The van der Waals surface area contributed by atoms with Gasteiger partial charge in [0.15, 0.2) is 0 Å². The molecule has 21 heavy (non-hydrogen) atoms.